The Hall–Kier alpha value is -2.19. The molecule has 0 radical (unpaired) electrons. The van der Waals surface area contributed by atoms with Crippen LogP contribution < -0.4 is 5.32 Å². The number of aliphatic carboxylic acids is 1. The van der Waals surface area contributed by atoms with Gasteiger partial charge >= 0.3 is 5.97 Å². The van der Waals surface area contributed by atoms with Gasteiger partial charge in [-0.05, 0) is 6.07 Å². The lowest BCUT2D eigenvalue weighted by molar-refractivity contribution is -0.384. The van der Waals surface area contributed by atoms with Gasteiger partial charge in [-0.2, -0.15) is 0 Å². The van der Waals surface area contributed by atoms with Crippen LogP contribution in [0.3, 0.4) is 0 Å². The molecule has 0 heterocycles. The van der Waals surface area contributed by atoms with Gasteiger partial charge in [0.15, 0.2) is 6.10 Å². The average Bonchev–Trinajstić information content (AvgIpc) is 2.34. The number of halogens is 1. The molecule has 0 aromatic heterocycles. The fourth-order valence-electron chi connectivity index (χ4n) is 1.17. The SMILES string of the molecule is O=C(NC[C@H](O)C(=O)O)c1ccc([N+](=O)[O-])cc1Cl. The Labute approximate surface area is 111 Å². The van der Waals surface area contributed by atoms with Gasteiger partial charge in [0.05, 0.1) is 22.1 Å². The zero-order chi connectivity index (χ0) is 14.6. The van der Waals surface area contributed by atoms with Crippen molar-refractivity contribution in [1.29, 1.82) is 0 Å². The molecule has 1 aromatic carbocycles. The molecule has 19 heavy (non-hydrogen) atoms. The Morgan fingerprint density at radius 2 is 2.11 bits per heavy atom. The first-order chi connectivity index (χ1) is 8.82. The number of carboxylic acid groups (broad SMARTS) is 1. The summed E-state index contributed by atoms with van der Waals surface area (Å²) in [6.45, 7) is -0.499. The number of hydrogen-bond donors (Lipinski definition) is 3. The van der Waals surface area contributed by atoms with Gasteiger partial charge in [0.1, 0.15) is 0 Å². The van der Waals surface area contributed by atoms with Crippen molar-refractivity contribution in [3.63, 3.8) is 0 Å². The summed E-state index contributed by atoms with van der Waals surface area (Å²) < 4.78 is 0. The highest BCUT2D eigenvalue weighted by molar-refractivity contribution is 6.34. The van der Waals surface area contributed by atoms with Crippen molar-refractivity contribution in [2.45, 2.75) is 6.10 Å². The van der Waals surface area contributed by atoms with Crippen LogP contribution in [0.5, 0.6) is 0 Å². The number of rotatable bonds is 5. The summed E-state index contributed by atoms with van der Waals surface area (Å²) in [6, 6.07) is 3.24. The molecule has 9 heteroatoms. The molecule has 1 atom stereocenters. The highest BCUT2D eigenvalue weighted by atomic mass is 35.5. The average molecular weight is 289 g/mol. The molecule has 0 spiro atoms. The van der Waals surface area contributed by atoms with Gasteiger partial charge in [0, 0.05) is 12.1 Å². The summed E-state index contributed by atoms with van der Waals surface area (Å²) in [7, 11) is 0. The van der Waals surface area contributed by atoms with Crippen molar-refractivity contribution < 1.29 is 24.7 Å². The Balaban J connectivity index is 2.78. The van der Waals surface area contributed by atoms with Crippen molar-refractivity contribution in [3.05, 3.63) is 38.9 Å². The van der Waals surface area contributed by atoms with E-state index in [4.69, 9.17) is 21.8 Å². The first-order valence-corrected chi connectivity index (χ1v) is 5.33. The number of nitrogens with one attached hydrogen (secondary N) is 1. The third-order valence-electron chi connectivity index (χ3n) is 2.15. The molecule has 0 fully saturated rings. The molecular formula is C10H9ClN2O6. The Morgan fingerprint density at radius 1 is 1.47 bits per heavy atom. The molecule has 0 aliphatic heterocycles. The van der Waals surface area contributed by atoms with Crippen LogP contribution in [0.1, 0.15) is 10.4 Å². The summed E-state index contributed by atoms with van der Waals surface area (Å²) in [6.07, 6.45) is -1.74. The second kappa shape index (κ2) is 6.12. The standard InChI is InChI=1S/C10H9ClN2O6/c11-7-3-5(13(18)19)1-2-6(7)9(15)12-4-8(14)10(16)17/h1-3,8,14H,4H2,(H,12,15)(H,16,17)/t8-/m0/s1. The lowest BCUT2D eigenvalue weighted by Crippen LogP contribution is -2.36. The van der Waals surface area contributed by atoms with Gasteiger partial charge in [-0.15, -0.1) is 0 Å². The van der Waals surface area contributed by atoms with Crippen LogP contribution in [0.15, 0.2) is 18.2 Å². The lowest BCUT2D eigenvalue weighted by Gasteiger charge is -2.08. The molecule has 0 bridgehead atoms. The van der Waals surface area contributed by atoms with E-state index in [-0.39, 0.29) is 16.3 Å². The van der Waals surface area contributed by atoms with Crippen LogP contribution >= 0.6 is 11.6 Å². The van der Waals surface area contributed by atoms with Gasteiger partial charge in [-0.1, -0.05) is 11.6 Å². The number of carboxylic acids is 1. The van der Waals surface area contributed by atoms with Gasteiger partial charge in [-0.25, -0.2) is 4.79 Å². The maximum absolute atomic E-state index is 11.6. The first-order valence-electron chi connectivity index (χ1n) is 4.96. The van der Waals surface area contributed by atoms with E-state index in [0.717, 1.165) is 18.2 Å². The van der Waals surface area contributed by atoms with Crippen LogP contribution in [-0.2, 0) is 4.79 Å². The summed E-state index contributed by atoms with van der Waals surface area (Å²) in [4.78, 5) is 31.7. The molecule has 1 amide bonds. The Kier molecular flexibility index (Phi) is 4.79. The quantitative estimate of drug-likeness (QED) is 0.532. The molecule has 1 rings (SSSR count). The third-order valence-corrected chi connectivity index (χ3v) is 2.46. The van der Waals surface area contributed by atoms with Crippen molar-refractivity contribution in [2.75, 3.05) is 6.54 Å². The number of hydrogen-bond acceptors (Lipinski definition) is 5. The maximum atomic E-state index is 11.6. The molecule has 0 aliphatic carbocycles. The highest BCUT2D eigenvalue weighted by Crippen LogP contribution is 2.22. The minimum atomic E-state index is -1.74. The molecule has 0 unspecified atom stereocenters. The van der Waals surface area contributed by atoms with E-state index in [1.165, 1.54) is 0 Å². The second-order valence-electron chi connectivity index (χ2n) is 3.49. The lowest BCUT2D eigenvalue weighted by atomic mass is 10.2. The van der Waals surface area contributed by atoms with Gasteiger partial charge in [0.25, 0.3) is 11.6 Å². The number of carbonyl (C=O) groups excluding carboxylic acids is 1. The smallest absolute Gasteiger partial charge is 0.334 e. The number of carbonyl (C=O) groups is 2. The third kappa shape index (κ3) is 3.90. The van der Waals surface area contributed by atoms with Crippen LogP contribution in [0.2, 0.25) is 5.02 Å². The normalized spacial score (nSPS) is 11.7. The van der Waals surface area contributed by atoms with Crippen molar-refractivity contribution in [1.82, 2.24) is 5.32 Å². The highest BCUT2D eigenvalue weighted by Gasteiger charge is 2.18. The molecular weight excluding hydrogens is 280 g/mol. The maximum Gasteiger partial charge on any atom is 0.334 e. The largest absolute Gasteiger partial charge is 0.479 e. The fourth-order valence-corrected chi connectivity index (χ4v) is 1.43. The number of amides is 1. The monoisotopic (exact) mass is 288 g/mol. The molecule has 0 aliphatic rings. The topological polar surface area (TPSA) is 130 Å². The number of nitro groups is 1. The van der Waals surface area contributed by atoms with E-state index < -0.39 is 29.4 Å². The number of benzene rings is 1. The zero-order valence-corrected chi connectivity index (χ0v) is 10.1. The van der Waals surface area contributed by atoms with Gasteiger partial charge in [0.2, 0.25) is 0 Å². The molecule has 102 valence electrons. The minimum Gasteiger partial charge on any atom is -0.479 e. The first kappa shape index (κ1) is 14.9. The van der Waals surface area contributed by atoms with Crippen molar-refractivity contribution in [2.24, 2.45) is 0 Å². The van der Waals surface area contributed by atoms with Crippen LogP contribution in [0.4, 0.5) is 5.69 Å². The van der Waals surface area contributed by atoms with Crippen LogP contribution in [-0.4, -0.2) is 39.7 Å². The number of nitro benzene ring substituents is 1. The van der Waals surface area contributed by atoms with Crippen molar-refractivity contribution in [3.8, 4) is 0 Å². The van der Waals surface area contributed by atoms with E-state index in [9.17, 15) is 19.7 Å². The van der Waals surface area contributed by atoms with Gasteiger partial charge < -0.3 is 15.5 Å². The predicted octanol–water partition coefficient (Wildman–Crippen LogP) is 0.424. The molecule has 1 aromatic rings. The van der Waals surface area contributed by atoms with E-state index in [0.29, 0.717) is 0 Å². The summed E-state index contributed by atoms with van der Waals surface area (Å²) in [5.41, 5.74) is -0.322. The minimum absolute atomic E-state index is 0.0511. The number of aliphatic hydroxyl groups is 1. The summed E-state index contributed by atoms with van der Waals surface area (Å²) in [5, 5.41) is 29.9. The van der Waals surface area contributed by atoms with Crippen LogP contribution in [0, 0.1) is 10.1 Å². The second-order valence-corrected chi connectivity index (χ2v) is 3.89. The molecule has 0 saturated carbocycles. The van der Waals surface area contributed by atoms with Crippen molar-refractivity contribution >= 4 is 29.2 Å². The zero-order valence-electron chi connectivity index (χ0n) is 9.37. The predicted molar refractivity (Wildman–Crippen MR) is 64.1 cm³/mol. The van der Waals surface area contributed by atoms with E-state index in [1.54, 1.807) is 0 Å². The number of non-ortho nitro benzene ring substituents is 1. The Bertz CT molecular complexity index is 533. The number of nitrogens with zero attached hydrogens (tertiary/aromatic N) is 1. The Morgan fingerprint density at radius 3 is 2.58 bits per heavy atom. The van der Waals surface area contributed by atoms with E-state index >= 15 is 0 Å². The molecule has 8 nitrogen and oxygen atoms in total. The number of aliphatic hydroxyl groups excluding tert-OH is 1. The fraction of sp³-hybridized carbons (Fsp3) is 0.200. The van der Waals surface area contributed by atoms with Crippen LogP contribution in [0.25, 0.3) is 0 Å². The van der Waals surface area contributed by atoms with E-state index in [2.05, 4.69) is 5.32 Å². The molecule has 0 saturated heterocycles. The molecule has 3 N–H and O–H groups in total. The van der Waals surface area contributed by atoms with Gasteiger partial charge in [-0.3, -0.25) is 14.9 Å². The summed E-state index contributed by atoms with van der Waals surface area (Å²) in [5.74, 6) is -2.21. The summed E-state index contributed by atoms with van der Waals surface area (Å²) >= 11 is 5.70. The van der Waals surface area contributed by atoms with E-state index in [1.807, 2.05) is 0 Å².